The van der Waals surface area contributed by atoms with Crippen molar-refractivity contribution in [2.45, 2.75) is 25.2 Å². The Morgan fingerprint density at radius 3 is 2.90 bits per heavy atom. The summed E-state index contributed by atoms with van der Waals surface area (Å²) in [5.74, 6) is -7.46. The van der Waals surface area contributed by atoms with Gasteiger partial charge >= 0.3 is 5.92 Å². The Labute approximate surface area is 175 Å². The van der Waals surface area contributed by atoms with E-state index in [-0.39, 0.29) is 5.82 Å². The molecule has 1 atom stereocenters. The second-order valence-corrected chi connectivity index (χ2v) is 6.14. The summed E-state index contributed by atoms with van der Waals surface area (Å²) in [5.41, 5.74) is 7.15. The first-order chi connectivity index (χ1) is 16.0. The zero-order valence-electron chi connectivity index (χ0n) is 20.2. The van der Waals surface area contributed by atoms with E-state index >= 15 is 0 Å². The Hall–Kier alpha value is -3.64. The van der Waals surface area contributed by atoms with Crippen LogP contribution in [0.2, 0.25) is 0 Å². The number of aromatic nitrogens is 3. The average molecular weight is 430 g/mol. The van der Waals surface area contributed by atoms with Crippen LogP contribution in [0.25, 0.3) is 0 Å². The first-order valence-corrected chi connectivity index (χ1v) is 8.13. The number of pyridine rings is 1. The van der Waals surface area contributed by atoms with Gasteiger partial charge in [-0.1, -0.05) is 0 Å². The number of alkyl halides is 2. The number of aliphatic imine (C=N–C) groups is 1. The number of amidine groups is 1. The minimum atomic E-state index is -3.70. The predicted molar refractivity (Wildman–Crippen MR) is 99.6 cm³/mol. The maximum absolute atomic E-state index is 14.5. The Balaban J connectivity index is 1.87. The highest BCUT2D eigenvalue weighted by Gasteiger charge is 2.57. The Morgan fingerprint density at radius 1 is 1.43 bits per heavy atom. The molecule has 0 saturated heterocycles. The van der Waals surface area contributed by atoms with Crippen molar-refractivity contribution >= 4 is 23.6 Å². The summed E-state index contributed by atoms with van der Waals surface area (Å²) in [5, 5.41) is 2.19. The monoisotopic (exact) mass is 430 g/mol. The number of nitrogens with one attached hydrogen (secondary N) is 1. The van der Waals surface area contributed by atoms with Crippen molar-refractivity contribution in [3.63, 3.8) is 0 Å². The molecule has 0 aromatic carbocycles. The van der Waals surface area contributed by atoms with E-state index in [1.165, 1.54) is 0 Å². The number of nitrogens with zero attached hydrogens (tertiary/aromatic N) is 4. The van der Waals surface area contributed by atoms with E-state index in [1.54, 1.807) is 0 Å². The number of carbonyl (C=O) groups excluding carboxylic acids is 1. The van der Waals surface area contributed by atoms with Crippen LogP contribution in [0, 0.1) is 5.82 Å². The summed E-state index contributed by atoms with van der Waals surface area (Å²) < 4.78 is 89.0. The summed E-state index contributed by atoms with van der Waals surface area (Å²) in [6.45, 7) is -6.55. The summed E-state index contributed by atoms with van der Waals surface area (Å²) in [4.78, 5) is 27.1. The lowest BCUT2D eigenvalue weighted by atomic mass is 9.89. The van der Waals surface area contributed by atoms with Crippen molar-refractivity contribution in [2.24, 2.45) is 10.7 Å². The van der Waals surface area contributed by atoms with Crippen molar-refractivity contribution in [1.82, 2.24) is 15.0 Å². The summed E-state index contributed by atoms with van der Waals surface area (Å²) in [6.07, 6.45) is 0.749. The molecule has 0 spiro atoms. The van der Waals surface area contributed by atoms with Crippen molar-refractivity contribution in [2.75, 3.05) is 24.2 Å². The highest BCUT2D eigenvalue weighted by molar-refractivity contribution is 6.05. The lowest BCUT2D eigenvalue weighted by Gasteiger charge is -2.36. The van der Waals surface area contributed by atoms with Crippen LogP contribution in [-0.2, 0) is 10.3 Å². The van der Waals surface area contributed by atoms with Crippen LogP contribution in [0.3, 0.4) is 0 Å². The van der Waals surface area contributed by atoms with Crippen LogP contribution in [0.15, 0.2) is 23.3 Å². The molecule has 3 heterocycles. The minimum absolute atomic E-state index is 0.371. The average Bonchev–Trinajstić information content (AvgIpc) is 2.71. The molecule has 2 aromatic rings. The predicted octanol–water partition coefficient (Wildman–Crippen LogP) is 1.44. The third kappa shape index (κ3) is 3.77. The van der Waals surface area contributed by atoms with Gasteiger partial charge in [0, 0.05) is 4.11 Å². The van der Waals surface area contributed by atoms with Crippen LogP contribution < -0.4 is 21.5 Å². The lowest BCUT2D eigenvalue weighted by Crippen LogP contribution is -2.51. The fourth-order valence-corrected chi connectivity index (χ4v) is 2.56. The van der Waals surface area contributed by atoms with Gasteiger partial charge in [-0.3, -0.25) is 4.79 Å². The van der Waals surface area contributed by atoms with Crippen LogP contribution in [-0.4, -0.2) is 46.0 Å². The van der Waals surface area contributed by atoms with Gasteiger partial charge in [-0.15, -0.1) is 0 Å². The third-order valence-electron chi connectivity index (χ3n) is 4.14. The van der Waals surface area contributed by atoms with E-state index in [0.717, 1.165) is 25.3 Å². The third-order valence-corrected chi connectivity index (χ3v) is 4.14. The molecule has 0 radical (unpaired) electrons. The van der Waals surface area contributed by atoms with E-state index in [1.807, 2.05) is 0 Å². The number of halogens is 3. The summed E-state index contributed by atoms with van der Waals surface area (Å²) in [7, 11) is 0. The molecule has 0 bridgehead atoms. The number of carbonyl (C=O) groups is 1. The van der Waals surface area contributed by atoms with Crippen LogP contribution in [0.4, 0.5) is 24.8 Å². The van der Waals surface area contributed by atoms with Crippen LogP contribution in [0.1, 0.15) is 36.8 Å². The first-order valence-electron chi connectivity index (χ1n) is 10.6. The van der Waals surface area contributed by atoms with Gasteiger partial charge in [-0.2, -0.15) is 13.8 Å². The molecule has 13 heteroatoms. The zero-order chi connectivity index (χ0) is 26.4. The van der Waals surface area contributed by atoms with E-state index in [0.29, 0.717) is 0 Å². The van der Waals surface area contributed by atoms with Crippen molar-refractivity contribution < 1.29 is 34.3 Å². The molecule has 1 aliphatic rings. The molecule has 5 N–H and O–H groups in total. The molecule has 0 unspecified atom stereocenters. The number of hydrogen-bond acceptors (Lipinski definition) is 9. The van der Waals surface area contributed by atoms with E-state index in [2.05, 4.69) is 34.7 Å². The van der Waals surface area contributed by atoms with Gasteiger partial charge in [-0.25, -0.2) is 19.4 Å². The Morgan fingerprint density at radius 2 is 2.20 bits per heavy atom. The smallest absolute Gasteiger partial charge is 0.311 e. The maximum atomic E-state index is 14.5. The largest absolute Gasteiger partial charge is 0.477 e. The SMILES string of the molecule is [2H]C([2H])([2H])C([2H])([2H])Oc1cnc(C(=O)Nc2ccc(F)c([C@@]3(C)N=C(N)OCC3(F)F)n2)c(N)n1. The van der Waals surface area contributed by atoms with Gasteiger partial charge in [0.05, 0.1) is 15.5 Å². The molecule has 2 aromatic heterocycles. The quantitative estimate of drug-likeness (QED) is 0.645. The standard InChI is InChI=1S/C17H18F3N7O3/c1-3-29-10-6-23-11(13(21)26-10)14(28)25-9-5-4-8(18)12(24-9)16(2)17(19,20)7-30-15(22)27-16/h4-6H,3,7H2,1-2H3,(H2,21,26)(H2,22,27)(H,24,25,28)/t16-/m1/s1/i1D3,3D2. The number of rotatable bonds is 5. The van der Waals surface area contributed by atoms with Crippen molar-refractivity contribution in [1.29, 1.82) is 0 Å². The van der Waals surface area contributed by atoms with Crippen LogP contribution >= 0.6 is 0 Å². The Bertz CT molecular complexity index is 1200. The first kappa shape index (κ1) is 15.2. The van der Waals surface area contributed by atoms with Gasteiger partial charge in [0.1, 0.15) is 17.3 Å². The molecular formula is C17H18F3N7O3. The van der Waals surface area contributed by atoms with E-state index in [4.69, 9.17) is 18.3 Å². The molecule has 1 aliphatic heterocycles. The van der Waals surface area contributed by atoms with Gasteiger partial charge < -0.3 is 26.3 Å². The minimum Gasteiger partial charge on any atom is -0.477 e. The van der Waals surface area contributed by atoms with Crippen molar-refractivity contribution in [3.05, 3.63) is 35.5 Å². The van der Waals surface area contributed by atoms with E-state index in [9.17, 15) is 18.0 Å². The highest BCUT2D eigenvalue weighted by Crippen LogP contribution is 2.43. The molecule has 0 fully saturated rings. The summed E-state index contributed by atoms with van der Waals surface area (Å²) >= 11 is 0. The topological polar surface area (TPSA) is 151 Å². The lowest BCUT2D eigenvalue weighted by molar-refractivity contribution is -0.118. The molecule has 30 heavy (non-hydrogen) atoms. The fraction of sp³-hybridized carbons (Fsp3) is 0.353. The number of nitrogens with two attached hydrogens (primary N) is 2. The number of nitrogen functional groups attached to an aromatic ring is 1. The van der Waals surface area contributed by atoms with Crippen molar-refractivity contribution in [3.8, 4) is 5.88 Å². The number of hydrogen-bond donors (Lipinski definition) is 3. The van der Waals surface area contributed by atoms with Gasteiger partial charge in [0.25, 0.3) is 11.9 Å². The zero-order valence-corrected chi connectivity index (χ0v) is 15.2. The molecular weight excluding hydrogens is 407 g/mol. The fourth-order valence-electron chi connectivity index (χ4n) is 2.56. The number of ether oxygens (including phenoxy) is 2. The number of amides is 1. The van der Waals surface area contributed by atoms with Gasteiger partial charge in [0.15, 0.2) is 23.7 Å². The van der Waals surface area contributed by atoms with E-state index < -0.39 is 72.3 Å². The molecule has 0 aliphatic carbocycles. The molecule has 160 valence electrons. The molecule has 1 amide bonds. The molecule has 10 nitrogen and oxygen atoms in total. The normalized spacial score (nSPS) is 23.5. The Kier molecular flexibility index (Phi) is 3.88. The van der Waals surface area contributed by atoms with Crippen LogP contribution in [0.5, 0.6) is 5.88 Å². The second kappa shape index (κ2) is 7.65. The maximum Gasteiger partial charge on any atom is 0.311 e. The summed E-state index contributed by atoms with van der Waals surface area (Å²) in [6, 6.07) is 1.17. The van der Waals surface area contributed by atoms with Gasteiger partial charge in [0.2, 0.25) is 5.88 Å². The second-order valence-electron chi connectivity index (χ2n) is 6.14. The molecule has 3 rings (SSSR count). The number of anilines is 2. The van der Waals surface area contributed by atoms with Gasteiger partial charge in [-0.05, 0) is 25.9 Å². The highest BCUT2D eigenvalue weighted by atomic mass is 19.3. The molecule has 0 saturated carbocycles.